The molecule has 0 heterocycles. The molecule has 0 radical (unpaired) electrons. The highest BCUT2D eigenvalue weighted by molar-refractivity contribution is 14.0. The lowest BCUT2D eigenvalue weighted by molar-refractivity contribution is 0.0931. The van der Waals surface area contributed by atoms with Crippen LogP contribution in [0, 0.1) is 5.92 Å². The summed E-state index contributed by atoms with van der Waals surface area (Å²) in [5.74, 6) is 2.54. The molecule has 1 aromatic carbocycles. The number of thioether (sulfide) groups is 1. The van der Waals surface area contributed by atoms with E-state index >= 15 is 0 Å². The van der Waals surface area contributed by atoms with E-state index in [1.807, 2.05) is 37.0 Å². The van der Waals surface area contributed by atoms with E-state index in [0.29, 0.717) is 12.5 Å². The van der Waals surface area contributed by atoms with E-state index in [1.165, 1.54) is 24.2 Å². The van der Waals surface area contributed by atoms with Gasteiger partial charge in [0.25, 0.3) is 0 Å². The minimum atomic E-state index is 0. The molecule has 0 amide bonds. The number of rotatable bonds is 11. The minimum absolute atomic E-state index is 0. The van der Waals surface area contributed by atoms with Gasteiger partial charge in [-0.15, -0.1) is 24.0 Å². The molecule has 0 saturated carbocycles. The molecule has 0 spiro atoms. The van der Waals surface area contributed by atoms with Crippen LogP contribution in [0.4, 0.5) is 0 Å². The van der Waals surface area contributed by atoms with Gasteiger partial charge >= 0.3 is 0 Å². The molecule has 1 unspecified atom stereocenters. The summed E-state index contributed by atoms with van der Waals surface area (Å²) in [6, 6.07) is 10.3. The fourth-order valence-corrected chi connectivity index (χ4v) is 2.57. The maximum Gasteiger partial charge on any atom is 0.190 e. The molecule has 0 aliphatic carbocycles. The lowest BCUT2D eigenvalue weighted by Gasteiger charge is -2.16. The Bertz CT molecular complexity index is 432. The normalized spacial score (nSPS) is 12.4. The number of benzene rings is 1. The molecule has 0 aromatic heterocycles. The molecular weight excluding hydrogens is 433 g/mol. The number of guanidine groups is 1. The summed E-state index contributed by atoms with van der Waals surface area (Å²) in [5, 5.41) is 6.72. The van der Waals surface area contributed by atoms with Crippen molar-refractivity contribution in [1.29, 1.82) is 0 Å². The van der Waals surface area contributed by atoms with Crippen LogP contribution in [0.2, 0.25) is 0 Å². The van der Waals surface area contributed by atoms with Crippen molar-refractivity contribution in [3.63, 3.8) is 0 Å². The molecule has 138 valence electrons. The topological polar surface area (TPSA) is 45.7 Å². The Labute approximate surface area is 168 Å². The molecule has 0 fully saturated rings. The zero-order valence-corrected chi connectivity index (χ0v) is 18.2. The van der Waals surface area contributed by atoms with Gasteiger partial charge in [-0.1, -0.05) is 37.3 Å². The van der Waals surface area contributed by atoms with Crippen molar-refractivity contribution in [2.24, 2.45) is 10.9 Å². The third-order valence-corrected chi connectivity index (χ3v) is 4.12. The van der Waals surface area contributed by atoms with Crippen LogP contribution < -0.4 is 10.6 Å². The van der Waals surface area contributed by atoms with Gasteiger partial charge in [0.2, 0.25) is 0 Å². The maximum atomic E-state index is 5.77. The largest absolute Gasteiger partial charge is 0.376 e. The van der Waals surface area contributed by atoms with Gasteiger partial charge in [0.1, 0.15) is 0 Å². The van der Waals surface area contributed by atoms with Gasteiger partial charge < -0.3 is 15.4 Å². The fourth-order valence-electron chi connectivity index (χ4n) is 2.08. The molecule has 0 saturated heterocycles. The van der Waals surface area contributed by atoms with Crippen molar-refractivity contribution in [3.8, 4) is 0 Å². The molecule has 2 N–H and O–H groups in total. The van der Waals surface area contributed by atoms with E-state index in [-0.39, 0.29) is 24.0 Å². The number of hydrogen-bond acceptors (Lipinski definition) is 3. The molecule has 1 atom stereocenters. The van der Waals surface area contributed by atoms with Gasteiger partial charge in [-0.3, -0.25) is 4.99 Å². The lowest BCUT2D eigenvalue weighted by atomic mass is 10.2. The van der Waals surface area contributed by atoms with Crippen LogP contribution in [0.15, 0.2) is 35.3 Å². The first-order valence-corrected chi connectivity index (χ1v) is 9.70. The second kappa shape index (κ2) is 16.0. The first-order valence-electron chi connectivity index (χ1n) is 8.31. The van der Waals surface area contributed by atoms with Crippen molar-refractivity contribution >= 4 is 41.7 Å². The van der Waals surface area contributed by atoms with Crippen LogP contribution in [0.5, 0.6) is 0 Å². The molecular formula is C18H32IN3OS. The van der Waals surface area contributed by atoms with E-state index in [1.54, 1.807) is 0 Å². The average molecular weight is 465 g/mol. The summed E-state index contributed by atoms with van der Waals surface area (Å²) in [6.45, 7) is 5.43. The Morgan fingerprint density at radius 2 is 1.96 bits per heavy atom. The molecule has 1 aromatic rings. The summed E-state index contributed by atoms with van der Waals surface area (Å²) >= 11 is 1.90. The number of hydrogen-bond donors (Lipinski definition) is 2. The smallest absolute Gasteiger partial charge is 0.190 e. The molecule has 6 heteroatoms. The Balaban J connectivity index is 0.00000529. The van der Waals surface area contributed by atoms with Crippen LogP contribution in [-0.4, -0.2) is 44.7 Å². The lowest BCUT2D eigenvalue weighted by Crippen LogP contribution is -2.40. The maximum absolute atomic E-state index is 5.77. The number of aliphatic imine (C=N–C) groups is 1. The number of nitrogens with one attached hydrogen (secondary N) is 2. The summed E-state index contributed by atoms with van der Waals surface area (Å²) in [5.41, 5.74) is 1.22. The Hall–Kier alpha value is -0.470. The standard InChI is InChI=1S/C18H31N3OS.HI/c1-16(14-22-15-17-9-5-4-6-10-17)13-21-18(19-2)20-11-7-8-12-23-3;/h4-6,9-10,16H,7-8,11-15H2,1-3H3,(H2,19,20,21);1H. The highest BCUT2D eigenvalue weighted by Crippen LogP contribution is 2.03. The van der Waals surface area contributed by atoms with Gasteiger partial charge in [0.15, 0.2) is 5.96 Å². The first kappa shape index (κ1) is 23.5. The highest BCUT2D eigenvalue weighted by atomic mass is 127. The van der Waals surface area contributed by atoms with Gasteiger partial charge in [0, 0.05) is 20.1 Å². The Kier molecular flexibility index (Phi) is 15.7. The number of nitrogens with zero attached hydrogens (tertiary/aromatic N) is 1. The van der Waals surface area contributed by atoms with Crippen molar-refractivity contribution < 1.29 is 4.74 Å². The van der Waals surface area contributed by atoms with Crippen LogP contribution in [0.25, 0.3) is 0 Å². The third-order valence-electron chi connectivity index (χ3n) is 3.42. The Morgan fingerprint density at radius 1 is 1.21 bits per heavy atom. The predicted molar refractivity (Wildman–Crippen MR) is 118 cm³/mol. The quantitative estimate of drug-likeness (QED) is 0.226. The van der Waals surface area contributed by atoms with Gasteiger partial charge in [-0.2, -0.15) is 11.8 Å². The van der Waals surface area contributed by atoms with E-state index in [9.17, 15) is 0 Å². The Morgan fingerprint density at radius 3 is 2.62 bits per heavy atom. The molecule has 0 bridgehead atoms. The van der Waals surface area contributed by atoms with E-state index in [4.69, 9.17) is 4.74 Å². The number of ether oxygens (including phenoxy) is 1. The monoisotopic (exact) mass is 465 g/mol. The van der Waals surface area contributed by atoms with Crippen molar-refractivity contribution in [2.75, 3.05) is 38.8 Å². The number of halogens is 1. The summed E-state index contributed by atoms with van der Waals surface area (Å²) in [6.07, 6.45) is 4.57. The van der Waals surface area contributed by atoms with Crippen LogP contribution in [-0.2, 0) is 11.3 Å². The zero-order chi connectivity index (χ0) is 16.8. The van der Waals surface area contributed by atoms with Crippen LogP contribution in [0.3, 0.4) is 0 Å². The summed E-state index contributed by atoms with van der Waals surface area (Å²) in [4.78, 5) is 4.25. The van der Waals surface area contributed by atoms with Gasteiger partial charge in [-0.25, -0.2) is 0 Å². The van der Waals surface area contributed by atoms with Gasteiger partial charge in [0.05, 0.1) is 13.2 Å². The van der Waals surface area contributed by atoms with Crippen LogP contribution in [0.1, 0.15) is 25.3 Å². The highest BCUT2D eigenvalue weighted by Gasteiger charge is 2.04. The molecule has 4 nitrogen and oxygen atoms in total. The first-order chi connectivity index (χ1) is 11.3. The minimum Gasteiger partial charge on any atom is -0.376 e. The third kappa shape index (κ3) is 12.0. The summed E-state index contributed by atoms with van der Waals surface area (Å²) in [7, 11) is 1.81. The van der Waals surface area contributed by atoms with E-state index in [2.05, 4.69) is 40.9 Å². The van der Waals surface area contributed by atoms with Crippen LogP contribution >= 0.6 is 35.7 Å². The zero-order valence-electron chi connectivity index (χ0n) is 15.1. The van der Waals surface area contributed by atoms with Crippen molar-refractivity contribution in [3.05, 3.63) is 35.9 Å². The van der Waals surface area contributed by atoms with E-state index in [0.717, 1.165) is 25.7 Å². The second-order valence-corrected chi connectivity index (χ2v) is 6.67. The van der Waals surface area contributed by atoms with Crippen molar-refractivity contribution in [2.45, 2.75) is 26.4 Å². The summed E-state index contributed by atoms with van der Waals surface area (Å²) < 4.78 is 5.77. The SMILES string of the molecule is CN=C(NCCCCSC)NCC(C)COCc1ccccc1.I. The second-order valence-electron chi connectivity index (χ2n) is 5.69. The molecule has 0 aliphatic heterocycles. The van der Waals surface area contributed by atoms with Gasteiger partial charge in [-0.05, 0) is 36.3 Å². The number of unbranched alkanes of at least 4 members (excludes halogenated alkanes) is 1. The van der Waals surface area contributed by atoms with Crippen molar-refractivity contribution in [1.82, 2.24) is 10.6 Å². The molecule has 24 heavy (non-hydrogen) atoms. The van der Waals surface area contributed by atoms with E-state index < -0.39 is 0 Å². The average Bonchev–Trinajstić information content (AvgIpc) is 2.58. The molecule has 0 aliphatic rings. The fraction of sp³-hybridized carbons (Fsp3) is 0.611. The molecule has 1 rings (SSSR count). The predicted octanol–water partition coefficient (Wildman–Crippen LogP) is 3.77.